The summed E-state index contributed by atoms with van der Waals surface area (Å²) in [4.78, 5) is 13.4. The first kappa shape index (κ1) is 17.8. The van der Waals surface area contributed by atoms with Crippen LogP contribution in [0.15, 0.2) is 66.7 Å². The molecule has 29 heavy (non-hydrogen) atoms. The van der Waals surface area contributed by atoms with Crippen molar-refractivity contribution in [1.29, 1.82) is 0 Å². The zero-order valence-corrected chi connectivity index (χ0v) is 16.5. The molecule has 0 saturated carbocycles. The van der Waals surface area contributed by atoms with E-state index in [0.29, 0.717) is 17.2 Å². The minimum absolute atomic E-state index is 0.0347. The van der Waals surface area contributed by atoms with Crippen LogP contribution in [0.1, 0.15) is 40.5 Å². The fraction of sp³-hybridized carbons (Fsp3) is 0.240. The quantitative estimate of drug-likeness (QED) is 0.692. The van der Waals surface area contributed by atoms with Crippen LogP contribution in [0.3, 0.4) is 0 Å². The highest BCUT2D eigenvalue weighted by Crippen LogP contribution is 2.55. The van der Waals surface area contributed by atoms with Crippen LogP contribution in [0, 0.1) is 5.92 Å². The monoisotopic (exact) mass is 385 g/mol. The van der Waals surface area contributed by atoms with Crippen LogP contribution < -0.4 is 14.8 Å². The number of benzene rings is 3. The van der Waals surface area contributed by atoms with E-state index in [1.807, 2.05) is 12.1 Å². The van der Waals surface area contributed by atoms with Crippen LogP contribution in [0.2, 0.25) is 0 Å². The van der Waals surface area contributed by atoms with Gasteiger partial charge in [-0.25, -0.2) is 0 Å². The number of fused-ring (bicyclic) bond motifs is 1. The molecule has 4 nitrogen and oxygen atoms in total. The molecule has 0 spiro atoms. The Hall–Kier alpha value is -3.27. The Bertz CT molecular complexity index is 1040. The van der Waals surface area contributed by atoms with Gasteiger partial charge >= 0.3 is 0 Å². The molecule has 3 aromatic rings. The Morgan fingerprint density at radius 2 is 1.48 bits per heavy atom. The first-order valence-corrected chi connectivity index (χ1v) is 9.91. The molecule has 146 valence electrons. The maximum Gasteiger partial charge on any atom is 0.228 e. The average Bonchev–Trinajstić information content (AvgIpc) is 2.79. The molecule has 1 amide bonds. The maximum atomic E-state index is 13.4. The Kier molecular flexibility index (Phi) is 4.27. The van der Waals surface area contributed by atoms with Crippen LogP contribution in [-0.2, 0) is 4.79 Å². The van der Waals surface area contributed by atoms with Crippen molar-refractivity contribution in [3.05, 3.63) is 89.0 Å². The minimum atomic E-state index is -0.114. The van der Waals surface area contributed by atoms with E-state index in [-0.39, 0.29) is 23.7 Å². The lowest BCUT2D eigenvalue weighted by atomic mass is 9.59. The minimum Gasteiger partial charge on any atom is -0.497 e. The highest BCUT2D eigenvalue weighted by molar-refractivity contribution is 5.96. The number of rotatable bonds is 4. The lowest BCUT2D eigenvalue weighted by Crippen LogP contribution is -2.38. The molecule has 0 heterocycles. The normalized spacial score (nSPS) is 21.1. The predicted molar refractivity (Wildman–Crippen MR) is 113 cm³/mol. The number of carbonyl (C=O) groups excluding carboxylic acids is 1. The van der Waals surface area contributed by atoms with Gasteiger partial charge in [-0.2, -0.15) is 0 Å². The van der Waals surface area contributed by atoms with Crippen molar-refractivity contribution in [2.75, 3.05) is 19.5 Å². The lowest BCUT2D eigenvalue weighted by Gasteiger charge is -2.44. The van der Waals surface area contributed by atoms with E-state index in [0.717, 1.165) is 6.42 Å². The molecular formula is C25H23NO3. The second kappa shape index (κ2) is 6.96. The lowest BCUT2D eigenvalue weighted by molar-refractivity contribution is -0.121. The molecule has 1 N–H and O–H groups in total. The number of ether oxygens (including phenoxy) is 2. The van der Waals surface area contributed by atoms with Crippen molar-refractivity contribution in [2.24, 2.45) is 5.92 Å². The number of hydrogen-bond donors (Lipinski definition) is 1. The Balaban J connectivity index is 1.51. The third-order valence-electron chi connectivity index (χ3n) is 6.31. The summed E-state index contributed by atoms with van der Waals surface area (Å²) < 4.78 is 10.7. The second-order valence-electron chi connectivity index (χ2n) is 7.69. The smallest absolute Gasteiger partial charge is 0.228 e. The van der Waals surface area contributed by atoms with Gasteiger partial charge in [0.15, 0.2) is 0 Å². The van der Waals surface area contributed by atoms with E-state index in [2.05, 4.69) is 53.8 Å². The number of nitrogens with one attached hydrogen (secondary N) is 1. The first-order chi connectivity index (χ1) is 14.2. The average molecular weight is 385 g/mol. The van der Waals surface area contributed by atoms with E-state index in [1.54, 1.807) is 20.3 Å². The molecule has 6 rings (SSSR count). The van der Waals surface area contributed by atoms with Crippen LogP contribution in [0.25, 0.3) is 0 Å². The van der Waals surface area contributed by atoms with Crippen molar-refractivity contribution in [3.63, 3.8) is 0 Å². The van der Waals surface area contributed by atoms with Gasteiger partial charge in [0.2, 0.25) is 5.91 Å². The largest absolute Gasteiger partial charge is 0.497 e. The van der Waals surface area contributed by atoms with E-state index in [4.69, 9.17) is 9.47 Å². The first-order valence-electron chi connectivity index (χ1n) is 9.91. The molecule has 0 fully saturated rings. The number of anilines is 1. The number of methoxy groups -OCH3 is 2. The van der Waals surface area contributed by atoms with Gasteiger partial charge in [-0.05, 0) is 40.8 Å². The zero-order chi connectivity index (χ0) is 20.0. The molecule has 3 aromatic carbocycles. The third kappa shape index (κ3) is 2.79. The fourth-order valence-corrected chi connectivity index (χ4v) is 5.02. The van der Waals surface area contributed by atoms with Gasteiger partial charge in [0.05, 0.1) is 25.8 Å². The van der Waals surface area contributed by atoms with Crippen LogP contribution in [0.5, 0.6) is 11.5 Å². The molecule has 3 aliphatic rings. The molecule has 4 heteroatoms. The molecule has 0 radical (unpaired) electrons. The van der Waals surface area contributed by atoms with E-state index >= 15 is 0 Å². The van der Waals surface area contributed by atoms with E-state index in [9.17, 15) is 4.79 Å². The van der Waals surface area contributed by atoms with Crippen molar-refractivity contribution in [3.8, 4) is 11.5 Å². The zero-order valence-electron chi connectivity index (χ0n) is 16.5. The summed E-state index contributed by atoms with van der Waals surface area (Å²) in [5.41, 5.74) is 5.96. The summed E-state index contributed by atoms with van der Waals surface area (Å²) in [5.74, 6) is 1.56. The predicted octanol–water partition coefficient (Wildman–Crippen LogP) is 4.94. The highest BCUT2D eigenvalue weighted by Gasteiger charge is 2.45. The van der Waals surface area contributed by atoms with Gasteiger partial charge < -0.3 is 14.8 Å². The van der Waals surface area contributed by atoms with Gasteiger partial charge in [-0.3, -0.25) is 4.79 Å². The van der Waals surface area contributed by atoms with Crippen LogP contribution >= 0.6 is 0 Å². The van der Waals surface area contributed by atoms with Gasteiger partial charge in [-0.15, -0.1) is 0 Å². The van der Waals surface area contributed by atoms with Gasteiger partial charge in [0.1, 0.15) is 11.5 Å². The molecule has 1 atom stereocenters. The van der Waals surface area contributed by atoms with Crippen molar-refractivity contribution in [2.45, 2.75) is 18.3 Å². The molecule has 2 bridgehead atoms. The van der Waals surface area contributed by atoms with Crippen molar-refractivity contribution >= 4 is 11.6 Å². The standard InChI is InChI=1S/C25H23NO3/c1-28-15-11-12-22(23(13-15)29-2)26-25(27)21-14-20-16-7-3-5-9-18(16)24(21)19-10-6-4-8-17(19)20/h3-13,20-21,24H,14H2,1-2H3,(H,26,27)/t20?,21-,24?/m0/s1. The van der Waals surface area contributed by atoms with Gasteiger partial charge in [0, 0.05) is 17.9 Å². The Labute approximate surface area is 170 Å². The summed E-state index contributed by atoms with van der Waals surface area (Å²) in [5, 5.41) is 3.11. The number of hydrogen-bond acceptors (Lipinski definition) is 3. The second-order valence-corrected chi connectivity index (χ2v) is 7.69. The molecular weight excluding hydrogens is 362 g/mol. The Morgan fingerprint density at radius 3 is 2.07 bits per heavy atom. The topological polar surface area (TPSA) is 47.6 Å². The van der Waals surface area contributed by atoms with Crippen molar-refractivity contribution in [1.82, 2.24) is 0 Å². The van der Waals surface area contributed by atoms with E-state index in [1.165, 1.54) is 22.3 Å². The van der Waals surface area contributed by atoms with Crippen LogP contribution in [-0.4, -0.2) is 20.1 Å². The Morgan fingerprint density at radius 1 is 0.862 bits per heavy atom. The molecule has 0 saturated heterocycles. The maximum absolute atomic E-state index is 13.4. The SMILES string of the molecule is COc1ccc(NC(=O)[C@H]2CC3c4ccccc4C2c2ccccc23)c(OC)c1. The molecule has 0 aromatic heterocycles. The summed E-state index contributed by atoms with van der Waals surface area (Å²) in [6, 6.07) is 22.6. The van der Waals surface area contributed by atoms with Gasteiger partial charge in [0.25, 0.3) is 0 Å². The summed E-state index contributed by atoms with van der Waals surface area (Å²) in [6.45, 7) is 0. The number of carbonyl (C=O) groups is 1. The number of amides is 1. The summed E-state index contributed by atoms with van der Waals surface area (Å²) >= 11 is 0. The van der Waals surface area contributed by atoms with Crippen LogP contribution in [0.4, 0.5) is 5.69 Å². The van der Waals surface area contributed by atoms with Gasteiger partial charge in [-0.1, -0.05) is 48.5 Å². The van der Waals surface area contributed by atoms with E-state index < -0.39 is 0 Å². The molecule has 3 aliphatic carbocycles. The van der Waals surface area contributed by atoms with Crippen molar-refractivity contribution < 1.29 is 14.3 Å². The molecule has 0 aliphatic heterocycles. The fourth-order valence-electron chi connectivity index (χ4n) is 5.02. The summed E-state index contributed by atoms with van der Waals surface area (Å²) in [6.07, 6.45) is 0.822. The summed E-state index contributed by atoms with van der Waals surface area (Å²) in [7, 11) is 3.21. The molecule has 0 unspecified atom stereocenters. The third-order valence-corrected chi connectivity index (χ3v) is 6.31. The highest BCUT2D eigenvalue weighted by atomic mass is 16.5.